The molecule has 1 heterocycles. The monoisotopic (exact) mass is 474 g/mol. The molecule has 1 N–H and O–H groups in total. The van der Waals surface area contributed by atoms with Gasteiger partial charge in [-0.3, -0.25) is 4.79 Å². The molecule has 1 aliphatic heterocycles. The first-order valence-electron chi connectivity index (χ1n) is 7.61. The Labute approximate surface area is 181 Å². The van der Waals surface area contributed by atoms with E-state index in [0.717, 1.165) is 16.8 Å². The summed E-state index contributed by atoms with van der Waals surface area (Å²) in [6, 6.07) is 10.6. The van der Waals surface area contributed by atoms with Crippen LogP contribution < -0.4 is 9.57 Å². The van der Waals surface area contributed by atoms with Gasteiger partial charge in [0.05, 0.1) is 27.0 Å². The fraction of sp³-hybridized carbons (Fsp3) is 0.0588. The molecular formula is C17H12Cl2N2O4S3. The van der Waals surface area contributed by atoms with Crippen LogP contribution in [0.5, 0.6) is 5.75 Å². The van der Waals surface area contributed by atoms with Crippen molar-refractivity contribution in [1.82, 2.24) is 9.84 Å². The topological polar surface area (TPSA) is 75.7 Å². The summed E-state index contributed by atoms with van der Waals surface area (Å²) in [6.07, 6.45) is 1.56. The number of ether oxygens (including phenoxy) is 1. The predicted octanol–water partition coefficient (Wildman–Crippen LogP) is 4.10. The van der Waals surface area contributed by atoms with Crippen molar-refractivity contribution in [2.75, 3.05) is 7.11 Å². The van der Waals surface area contributed by atoms with Gasteiger partial charge in [0.1, 0.15) is 5.75 Å². The first-order chi connectivity index (χ1) is 13.2. The zero-order valence-electron chi connectivity index (χ0n) is 14.2. The average Bonchev–Trinajstić information content (AvgIpc) is 2.92. The van der Waals surface area contributed by atoms with Crippen molar-refractivity contribution < 1.29 is 17.9 Å². The summed E-state index contributed by atoms with van der Waals surface area (Å²) in [6.45, 7) is 0. The molecule has 2 aromatic rings. The van der Waals surface area contributed by atoms with Gasteiger partial charge in [-0.15, -0.1) is 4.83 Å². The molecule has 146 valence electrons. The molecule has 0 saturated carbocycles. The molecule has 0 bridgehead atoms. The van der Waals surface area contributed by atoms with Crippen LogP contribution in [0.1, 0.15) is 5.56 Å². The predicted molar refractivity (Wildman–Crippen MR) is 115 cm³/mol. The van der Waals surface area contributed by atoms with Crippen LogP contribution in [0.4, 0.5) is 0 Å². The van der Waals surface area contributed by atoms with Gasteiger partial charge in [-0.1, -0.05) is 53.2 Å². The van der Waals surface area contributed by atoms with Gasteiger partial charge in [-0.05, 0) is 48.0 Å². The second-order valence-corrected chi connectivity index (χ2v) is 9.61. The van der Waals surface area contributed by atoms with Crippen LogP contribution >= 0.6 is 47.2 Å². The van der Waals surface area contributed by atoms with E-state index in [2.05, 4.69) is 4.83 Å². The molecule has 2 aromatic carbocycles. The zero-order chi connectivity index (χ0) is 20.5. The van der Waals surface area contributed by atoms with E-state index in [0.29, 0.717) is 21.4 Å². The number of halogens is 2. The van der Waals surface area contributed by atoms with E-state index in [1.807, 2.05) is 0 Å². The third-order valence-corrected chi connectivity index (χ3v) is 6.97. The Morgan fingerprint density at radius 3 is 2.43 bits per heavy atom. The molecule has 6 nitrogen and oxygen atoms in total. The highest BCUT2D eigenvalue weighted by molar-refractivity contribution is 8.26. The number of amides is 1. The average molecular weight is 475 g/mol. The maximum atomic E-state index is 12.6. The van der Waals surface area contributed by atoms with Gasteiger partial charge in [0.2, 0.25) is 0 Å². The van der Waals surface area contributed by atoms with Gasteiger partial charge in [0, 0.05) is 0 Å². The van der Waals surface area contributed by atoms with E-state index in [-0.39, 0.29) is 14.1 Å². The molecule has 28 heavy (non-hydrogen) atoms. The molecule has 1 amide bonds. The minimum atomic E-state index is -4.01. The molecule has 0 atom stereocenters. The number of nitrogens with zero attached hydrogens (tertiary/aromatic N) is 1. The SMILES string of the molecule is COc1ccc(S(=O)(=O)NN2C(=O)/C(=C\c3ccc(Cl)c(Cl)c3)SC2=S)cc1. The summed E-state index contributed by atoms with van der Waals surface area (Å²) in [7, 11) is -2.54. The summed E-state index contributed by atoms with van der Waals surface area (Å²) < 4.78 is 30.2. The number of nitrogens with one attached hydrogen (secondary N) is 1. The Morgan fingerprint density at radius 1 is 1.14 bits per heavy atom. The molecule has 0 radical (unpaired) electrons. The Bertz CT molecular complexity index is 1090. The first kappa shape index (κ1) is 21.1. The summed E-state index contributed by atoms with van der Waals surface area (Å²) >= 11 is 18.0. The lowest BCUT2D eigenvalue weighted by molar-refractivity contribution is -0.123. The molecule has 0 spiro atoms. The maximum Gasteiger partial charge on any atom is 0.281 e. The van der Waals surface area contributed by atoms with Crippen LogP contribution in [0.25, 0.3) is 6.08 Å². The minimum Gasteiger partial charge on any atom is -0.497 e. The van der Waals surface area contributed by atoms with Gasteiger partial charge in [0.25, 0.3) is 15.9 Å². The van der Waals surface area contributed by atoms with E-state index < -0.39 is 15.9 Å². The van der Waals surface area contributed by atoms with Crippen molar-refractivity contribution in [1.29, 1.82) is 0 Å². The smallest absolute Gasteiger partial charge is 0.281 e. The van der Waals surface area contributed by atoms with Crippen LogP contribution in [-0.4, -0.2) is 30.8 Å². The quantitative estimate of drug-likeness (QED) is 0.519. The van der Waals surface area contributed by atoms with Crippen LogP contribution in [-0.2, 0) is 14.8 Å². The highest BCUT2D eigenvalue weighted by atomic mass is 35.5. The molecule has 1 saturated heterocycles. The Hall–Kier alpha value is -1.62. The summed E-state index contributed by atoms with van der Waals surface area (Å²) in [5.41, 5.74) is 0.632. The second kappa shape index (κ2) is 8.40. The Morgan fingerprint density at radius 2 is 1.82 bits per heavy atom. The molecule has 0 aromatic heterocycles. The van der Waals surface area contributed by atoms with Crippen LogP contribution in [0.3, 0.4) is 0 Å². The lowest BCUT2D eigenvalue weighted by Crippen LogP contribution is -2.44. The normalized spacial score (nSPS) is 16.1. The molecule has 3 rings (SSSR count). The summed E-state index contributed by atoms with van der Waals surface area (Å²) in [4.78, 5) is 15.1. The molecule has 11 heteroatoms. The van der Waals surface area contributed by atoms with Gasteiger partial charge >= 0.3 is 0 Å². The van der Waals surface area contributed by atoms with Crippen molar-refractivity contribution in [3.8, 4) is 5.75 Å². The third-order valence-electron chi connectivity index (χ3n) is 3.62. The zero-order valence-corrected chi connectivity index (χ0v) is 18.1. The number of hydrogen-bond donors (Lipinski definition) is 1. The van der Waals surface area contributed by atoms with E-state index >= 15 is 0 Å². The molecule has 1 aliphatic rings. The van der Waals surface area contributed by atoms with E-state index in [1.54, 1.807) is 24.3 Å². The molecular weight excluding hydrogens is 463 g/mol. The third kappa shape index (κ3) is 4.51. The maximum absolute atomic E-state index is 12.6. The number of thiocarbonyl (C=S) groups is 1. The summed E-state index contributed by atoms with van der Waals surface area (Å²) in [5.74, 6) is -0.0766. The standard InChI is InChI=1S/C17H12Cl2N2O4S3/c1-25-11-3-5-12(6-4-11)28(23,24)20-21-16(22)15(27-17(21)26)9-10-2-7-13(18)14(19)8-10/h2-9,20H,1H3/b15-9+. The lowest BCUT2D eigenvalue weighted by atomic mass is 10.2. The summed E-state index contributed by atoms with van der Waals surface area (Å²) in [5, 5.41) is 1.55. The van der Waals surface area contributed by atoms with Crippen molar-refractivity contribution in [3.05, 3.63) is 63.0 Å². The highest BCUT2D eigenvalue weighted by Gasteiger charge is 2.35. The second-order valence-electron chi connectivity index (χ2n) is 5.46. The van der Waals surface area contributed by atoms with Gasteiger partial charge in [0.15, 0.2) is 4.32 Å². The van der Waals surface area contributed by atoms with E-state index in [1.165, 1.54) is 31.4 Å². The highest BCUT2D eigenvalue weighted by Crippen LogP contribution is 2.33. The van der Waals surface area contributed by atoms with Gasteiger partial charge < -0.3 is 4.74 Å². The number of hydrogen-bond acceptors (Lipinski definition) is 6. The van der Waals surface area contributed by atoms with E-state index in [9.17, 15) is 13.2 Å². The number of hydrazine groups is 1. The molecule has 0 unspecified atom stereocenters. The largest absolute Gasteiger partial charge is 0.497 e. The number of carbonyl (C=O) groups excluding carboxylic acids is 1. The molecule has 0 aliphatic carbocycles. The number of methoxy groups -OCH3 is 1. The fourth-order valence-corrected chi connectivity index (χ4v) is 4.84. The number of thioether (sulfide) groups is 1. The van der Waals surface area contributed by atoms with Crippen LogP contribution in [0.15, 0.2) is 52.3 Å². The number of sulfonamides is 1. The van der Waals surface area contributed by atoms with Crippen molar-refractivity contribution in [2.24, 2.45) is 0 Å². The van der Waals surface area contributed by atoms with Crippen molar-refractivity contribution in [3.63, 3.8) is 0 Å². The first-order valence-corrected chi connectivity index (χ1v) is 11.1. The number of carbonyl (C=O) groups is 1. The van der Waals surface area contributed by atoms with Crippen molar-refractivity contribution in [2.45, 2.75) is 4.90 Å². The number of rotatable bonds is 5. The number of benzene rings is 2. The minimum absolute atomic E-state index is 0.0317. The van der Waals surface area contributed by atoms with Gasteiger partial charge in [-0.2, -0.15) is 0 Å². The Kier molecular flexibility index (Phi) is 6.33. The van der Waals surface area contributed by atoms with Gasteiger partial charge in [-0.25, -0.2) is 13.4 Å². The van der Waals surface area contributed by atoms with Crippen molar-refractivity contribution >= 4 is 73.5 Å². The Balaban J connectivity index is 1.83. The van der Waals surface area contributed by atoms with E-state index in [4.69, 9.17) is 40.2 Å². The fourth-order valence-electron chi connectivity index (χ4n) is 2.23. The van der Waals surface area contributed by atoms with Crippen LogP contribution in [0, 0.1) is 0 Å². The molecule has 1 fully saturated rings. The van der Waals surface area contributed by atoms with Crippen LogP contribution in [0.2, 0.25) is 10.0 Å². The lowest BCUT2D eigenvalue weighted by Gasteiger charge is -2.16.